The predicted octanol–water partition coefficient (Wildman–Crippen LogP) is 3.37. The second-order valence-electron chi connectivity index (χ2n) is 5.39. The maximum atomic E-state index is 13.1. The smallest absolute Gasteiger partial charge is 0.263 e. The van der Waals surface area contributed by atoms with Crippen LogP contribution in [-0.4, -0.2) is 21.3 Å². The third-order valence-electron chi connectivity index (χ3n) is 3.91. The first-order chi connectivity index (χ1) is 12.0. The van der Waals surface area contributed by atoms with Gasteiger partial charge in [-0.15, -0.1) is 11.3 Å². The van der Waals surface area contributed by atoms with Gasteiger partial charge in [-0.3, -0.25) is 9.36 Å². The molecule has 2 heterocycles. The number of aryl methyl sites for hydroxylation is 1. The van der Waals surface area contributed by atoms with E-state index in [1.807, 2.05) is 13.8 Å². The van der Waals surface area contributed by atoms with Crippen molar-refractivity contribution < 1.29 is 9.84 Å². The zero-order chi connectivity index (χ0) is 18.1. The molecule has 2 aromatic heterocycles. The summed E-state index contributed by atoms with van der Waals surface area (Å²) in [5.41, 5.74) is 5.41. The third-order valence-corrected chi connectivity index (χ3v) is 5.32. The molecule has 3 aromatic rings. The normalized spacial score (nSPS) is 12.2. The molecule has 8 heteroatoms. The monoisotopic (exact) mass is 379 g/mol. The Kier molecular flexibility index (Phi) is 4.87. The van der Waals surface area contributed by atoms with Crippen molar-refractivity contribution in [2.45, 2.75) is 26.8 Å². The number of phenols is 1. The standard InChI is InChI=1S/C17H18ClN3O3S/c1-3-12-20-16-13(10-5-6-11(18)14(22)15(10)25-16)17(23)21(12)8-9(7-19)24-4-2/h5-7,22H,3-4,8,19H2,1-2H3/b9-7-. The molecule has 25 heavy (non-hydrogen) atoms. The van der Waals surface area contributed by atoms with E-state index in [1.165, 1.54) is 17.5 Å². The van der Waals surface area contributed by atoms with Crippen LogP contribution in [0.5, 0.6) is 5.75 Å². The van der Waals surface area contributed by atoms with Crippen molar-refractivity contribution in [3.8, 4) is 5.75 Å². The summed E-state index contributed by atoms with van der Waals surface area (Å²) in [6.07, 6.45) is 1.94. The van der Waals surface area contributed by atoms with Crippen LogP contribution in [0.1, 0.15) is 19.7 Å². The minimum absolute atomic E-state index is 0.0250. The lowest BCUT2D eigenvalue weighted by atomic mass is 10.2. The van der Waals surface area contributed by atoms with Gasteiger partial charge >= 0.3 is 0 Å². The number of phenolic OH excluding ortho intramolecular Hbond substituents is 1. The van der Waals surface area contributed by atoms with Crippen molar-refractivity contribution in [3.05, 3.63) is 45.3 Å². The Morgan fingerprint density at radius 2 is 2.24 bits per heavy atom. The molecule has 0 saturated carbocycles. The molecule has 0 unspecified atom stereocenters. The fourth-order valence-corrected chi connectivity index (χ4v) is 4.09. The fraction of sp³-hybridized carbons (Fsp3) is 0.294. The molecular formula is C17H18ClN3O3S. The summed E-state index contributed by atoms with van der Waals surface area (Å²) in [4.78, 5) is 18.3. The van der Waals surface area contributed by atoms with Crippen molar-refractivity contribution >= 4 is 43.2 Å². The van der Waals surface area contributed by atoms with E-state index in [4.69, 9.17) is 22.1 Å². The lowest BCUT2D eigenvalue weighted by Crippen LogP contribution is -2.26. The number of nitrogens with two attached hydrogens (primary N) is 1. The van der Waals surface area contributed by atoms with Gasteiger partial charge in [0.05, 0.1) is 28.3 Å². The number of hydrogen-bond acceptors (Lipinski definition) is 6. The molecule has 0 fully saturated rings. The van der Waals surface area contributed by atoms with Gasteiger partial charge in [0.2, 0.25) is 0 Å². The zero-order valence-corrected chi connectivity index (χ0v) is 15.4. The summed E-state index contributed by atoms with van der Waals surface area (Å²) in [5, 5.41) is 11.6. The van der Waals surface area contributed by atoms with Gasteiger partial charge in [-0.1, -0.05) is 24.6 Å². The number of thiophene rings is 1. The number of fused-ring (bicyclic) bond motifs is 3. The summed E-state index contributed by atoms with van der Waals surface area (Å²) in [7, 11) is 0. The number of allylic oxidation sites excluding steroid dienone is 1. The third kappa shape index (κ3) is 2.94. The quantitative estimate of drug-likeness (QED) is 0.663. The topological polar surface area (TPSA) is 90.4 Å². The van der Waals surface area contributed by atoms with E-state index in [0.717, 1.165) is 0 Å². The van der Waals surface area contributed by atoms with E-state index in [1.54, 1.807) is 16.7 Å². The van der Waals surface area contributed by atoms with Gasteiger partial charge in [0, 0.05) is 18.0 Å². The lowest BCUT2D eigenvalue weighted by molar-refractivity contribution is 0.211. The van der Waals surface area contributed by atoms with E-state index < -0.39 is 0 Å². The highest BCUT2D eigenvalue weighted by atomic mass is 35.5. The van der Waals surface area contributed by atoms with E-state index in [-0.39, 0.29) is 22.9 Å². The van der Waals surface area contributed by atoms with Crippen LogP contribution in [0.3, 0.4) is 0 Å². The van der Waals surface area contributed by atoms with Gasteiger partial charge in [-0.25, -0.2) is 4.98 Å². The molecule has 3 rings (SSSR count). The summed E-state index contributed by atoms with van der Waals surface area (Å²) >= 11 is 7.24. The Balaban J connectivity index is 2.31. The average Bonchev–Trinajstić information content (AvgIpc) is 2.99. The van der Waals surface area contributed by atoms with Crippen LogP contribution in [0.15, 0.2) is 28.9 Å². The SMILES string of the molecule is CCO/C(=C\N)Cn1c(CC)nc2sc3c(O)c(Cl)ccc3c2c1=O. The molecule has 0 radical (unpaired) electrons. The minimum Gasteiger partial charge on any atom is -0.505 e. The van der Waals surface area contributed by atoms with Gasteiger partial charge in [0.15, 0.2) is 5.75 Å². The molecule has 1 aromatic carbocycles. The second-order valence-corrected chi connectivity index (χ2v) is 6.80. The first kappa shape index (κ1) is 17.6. The molecule has 6 nitrogen and oxygen atoms in total. The number of hydrogen-bond donors (Lipinski definition) is 2. The molecule has 0 aliphatic heterocycles. The number of aromatic hydroxyl groups is 1. The minimum atomic E-state index is -0.186. The summed E-state index contributed by atoms with van der Waals surface area (Å²) in [6, 6.07) is 3.31. The molecular weight excluding hydrogens is 362 g/mol. The Morgan fingerprint density at radius 1 is 1.48 bits per heavy atom. The average molecular weight is 380 g/mol. The van der Waals surface area contributed by atoms with Crippen LogP contribution in [0.2, 0.25) is 5.02 Å². The zero-order valence-electron chi connectivity index (χ0n) is 13.9. The van der Waals surface area contributed by atoms with Crippen LogP contribution in [0.25, 0.3) is 20.3 Å². The maximum absolute atomic E-state index is 13.1. The summed E-state index contributed by atoms with van der Waals surface area (Å²) in [6.45, 7) is 4.46. The Labute approximate surface area is 153 Å². The Morgan fingerprint density at radius 3 is 2.88 bits per heavy atom. The van der Waals surface area contributed by atoms with Crippen molar-refractivity contribution in [2.75, 3.05) is 6.61 Å². The van der Waals surface area contributed by atoms with E-state index in [2.05, 4.69) is 4.98 Å². The van der Waals surface area contributed by atoms with Crippen LogP contribution < -0.4 is 11.3 Å². The molecule has 0 amide bonds. The Hall–Kier alpha value is -2.25. The number of benzene rings is 1. The number of ether oxygens (including phenoxy) is 1. The summed E-state index contributed by atoms with van der Waals surface area (Å²) < 4.78 is 7.58. The first-order valence-electron chi connectivity index (χ1n) is 7.88. The molecule has 3 N–H and O–H groups in total. The Bertz CT molecular complexity index is 1040. The maximum Gasteiger partial charge on any atom is 0.263 e. The predicted molar refractivity (Wildman–Crippen MR) is 101 cm³/mol. The fourth-order valence-electron chi connectivity index (χ4n) is 2.75. The van der Waals surface area contributed by atoms with Gasteiger partial charge in [-0.05, 0) is 13.0 Å². The number of halogens is 1. The van der Waals surface area contributed by atoms with Gasteiger partial charge < -0.3 is 15.6 Å². The molecule has 0 saturated heterocycles. The molecule has 0 spiro atoms. The molecule has 132 valence electrons. The number of nitrogens with zero attached hydrogens (tertiary/aromatic N) is 2. The van der Waals surface area contributed by atoms with Crippen molar-refractivity contribution in [1.29, 1.82) is 0 Å². The van der Waals surface area contributed by atoms with Gasteiger partial charge in [0.1, 0.15) is 16.4 Å². The lowest BCUT2D eigenvalue weighted by Gasteiger charge is -2.13. The highest BCUT2D eigenvalue weighted by molar-refractivity contribution is 7.25. The van der Waals surface area contributed by atoms with Crippen molar-refractivity contribution in [1.82, 2.24) is 9.55 Å². The van der Waals surface area contributed by atoms with E-state index in [0.29, 0.717) is 44.9 Å². The van der Waals surface area contributed by atoms with Crippen molar-refractivity contribution in [2.24, 2.45) is 5.73 Å². The van der Waals surface area contributed by atoms with Crippen LogP contribution >= 0.6 is 22.9 Å². The van der Waals surface area contributed by atoms with E-state index in [9.17, 15) is 9.90 Å². The highest BCUT2D eigenvalue weighted by Gasteiger charge is 2.19. The number of aromatic nitrogens is 2. The van der Waals surface area contributed by atoms with Gasteiger partial charge in [0.25, 0.3) is 5.56 Å². The van der Waals surface area contributed by atoms with Gasteiger partial charge in [-0.2, -0.15) is 0 Å². The first-order valence-corrected chi connectivity index (χ1v) is 9.08. The van der Waals surface area contributed by atoms with E-state index >= 15 is 0 Å². The van der Waals surface area contributed by atoms with Crippen molar-refractivity contribution in [3.63, 3.8) is 0 Å². The molecule has 0 atom stereocenters. The molecule has 0 aliphatic carbocycles. The second kappa shape index (κ2) is 6.93. The van der Waals surface area contributed by atoms with Crippen LogP contribution in [-0.2, 0) is 17.7 Å². The highest BCUT2D eigenvalue weighted by Crippen LogP contribution is 2.40. The van der Waals surface area contributed by atoms with Crippen LogP contribution in [0.4, 0.5) is 0 Å². The molecule has 0 bridgehead atoms. The molecule has 0 aliphatic rings. The largest absolute Gasteiger partial charge is 0.505 e. The van der Waals surface area contributed by atoms with Crippen LogP contribution in [0, 0.1) is 0 Å². The number of rotatable bonds is 5. The summed E-state index contributed by atoms with van der Waals surface area (Å²) in [5.74, 6) is 1.11.